The number of nitrogens with one attached hydrogen (secondary N) is 3. The molecule has 0 aliphatic carbocycles. The lowest BCUT2D eigenvalue weighted by Gasteiger charge is -2.21. The van der Waals surface area contributed by atoms with Crippen LogP contribution in [0.4, 0.5) is 0 Å². The van der Waals surface area contributed by atoms with E-state index in [0.717, 1.165) is 0 Å². The van der Waals surface area contributed by atoms with Gasteiger partial charge in [0.2, 0.25) is 17.7 Å². The Morgan fingerprint density at radius 1 is 0.929 bits per heavy atom. The van der Waals surface area contributed by atoms with Crippen LogP contribution in [0.15, 0.2) is 0 Å². The molecule has 0 aliphatic rings. The first-order valence-electron chi connectivity index (χ1n) is 8.50. The van der Waals surface area contributed by atoms with Gasteiger partial charge < -0.3 is 42.7 Å². The first-order valence-corrected chi connectivity index (χ1v) is 8.50. The number of carboxylic acids is 2. The molecule has 0 radical (unpaired) electrons. The normalized spacial score (nSPS) is 13.7. The van der Waals surface area contributed by atoms with Crippen molar-refractivity contribution < 1.29 is 39.3 Å². The second-order valence-corrected chi connectivity index (χ2v) is 5.91. The van der Waals surface area contributed by atoms with Crippen molar-refractivity contribution in [3.05, 3.63) is 0 Å². The number of hydrogen-bond donors (Lipinski definition) is 8. The molecule has 0 aliphatic heterocycles. The average molecular weight is 405 g/mol. The van der Waals surface area contributed by atoms with Gasteiger partial charge in [-0.15, -0.1) is 0 Å². The standard InChI is InChI=1S/C15H27N5O8/c16-4-2-1-3-9(14(26)20-10(15(27)28)5-12(23)24)19-11(22)6-18-13(25)8(17)7-21/h8-10,21H,1-7,16-17H2,(H,18,25)(H,19,22)(H,20,26)(H,23,24)(H,27,28). The summed E-state index contributed by atoms with van der Waals surface area (Å²) in [5, 5.41) is 33.1. The van der Waals surface area contributed by atoms with Crippen molar-refractivity contribution in [1.82, 2.24) is 16.0 Å². The van der Waals surface area contributed by atoms with Crippen LogP contribution in [0.25, 0.3) is 0 Å². The van der Waals surface area contributed by atoms with Crippen molar-refractivity contribution in [3.63, 3.8) is 0 Å². The van der Waals surface area contributed by atoms with E-state index < -0.39 is 67.4 Å². The molecule has 0 rings (SSSR count). The number of aliphatic hydroxyl groups is 1. The maximum absolute atomic E-state index is 12.3. The summed E-state index contributed by atoms with van der Waals surface area (Å²) in [6, 6.07) is -4.02. The number of unbranched alkanes of at least 4 members (excludes halogenated alkanes) is 1. The summed E-state index contributed by atoms with van der Waals surface area (Å²) in [6.07, 6.45) is 0.268. The van der Waals surface area contributed by atoms with Crippen molar-refractivity contribution >= 4 is 29.7 Å². The van der Waals surface area contributed by atoms with Crippen molar-refractivity contribution in [2.75, 3.05) is 19.7 Å². The number of carbonyl (C=O) groups is 5. The van der Waals surface area contributed by atoms with Gasteiger partial charge >= 0.3 is 11.9 Å². The molecule has 160 valence electrons. The van der Waals surface area contributed by atoms with Gasteiger partial charge in [0, 0.05) is 0 Å². The van der Waals surface area contributed by atoms with Crippen LogP contribution < -0.4 is 27.4 Å². The maximum Gasteiger partial charge on any atom is 0.326 e. The third-order valence-corrected chi connectivity index (χ3v) is 3.55. The highest BCUT2D eigenvalue weighted by Gasteiger charge is 2.28. The fourth-order valence-electron chi connectivity index (χ4n) is 2.04. The highest BCUT2D eigenvalue weighted by atomic mass is 16.4. The summed E-state index contributed by atoms with van der Waals surface area (Å²) in [5.41, 5.74) is 10.7. The third kappa shape index (κ3) is 10.4. The van der Waals surface area contributed by atoms with Gasteiger partial charge in [-0.3, -0.25) is 19.2 Å². The number of hydrogen-bond acceptors (Lipinski definition) is 8. The Bertz CT molecular complexity index is 571. The molecule has 0 bridgehead atoms. The number of amides is 3. The molecule has 3 unspecified atom stereocenters. The molecule has 13 nitrogen and oxygen atoms in total. The Morgan fingerprint density at radius 3 is 2.07 bits per heavy atom. The second-order valence-electron chi connectivity index (χ2n) is 5.91. The molecular weight excluding hydrogens is 378 g/mol. The lowest BCUT2D eigenvalue weighted by atomic mass is 10.1. The molecule has 0 aromatic heterocycles. The second kappa shape index (κ2) is 13.4. The molecule has 28 heavy (non-hydrogen) atoms. The Morgan fingerprint density at radius 2 is 1.57 bits per heavy atom. The van der Waals surface area contributed by atoms with E-state index in [4.69, 9.17) is 26.8 Å². The predicted molar refractivity (Wildman–Crippen MR) is 94.7 cm³/mol. The molecule has 10 N–H and O–H groups in total. The minimum atomic E-state index is -1.67. The zero-order valence-corrected chi connectivity index (χ0v) is 15.2. The Balaban J connectivity index is 4.92. The van der Waals surface area contributed by atoms with Crippen LogP contribution in [0.5, 0.6) is 0 Å². The van der Waals surface area contributed by atoms with Crippen LogP contribution in [0.2, 0.25) is 0 Å². The smallest absolute Gasteiger partial charge is 0.326 e. The van der Waals surface area contributed by atoms with E-state index >= 15 is 0 Å². The number of aliphatic hydroxyl groups excluding tert-OH is 1. The van der Waals surface area contributed by atoms with Crippen LogP contribution in [0.1, 0.15) is 25.7 Å². The van der Waals surface area contributed by atoms with Crippen molar-refractivity contribution in [2.45, 2.75) is 43.8 Å². The first kappa shape index (κ1) is 25.2. The van der Waals surface area contributed by atoms with Gasteiger partial charge in [0.1, 0.15) is 18.1 Å². The summed E-state index contributed by atoms with van der Waals surface area (Å²) in [5.74, 6) is -5.35. The molecule has 0 aromatic rings. The fourth-order valence-corrected chi connectivity index (χ4v) is 2.04. The number of carboxylic acid groups (broad SMARTS) is 2. The van der Waals surface area contributed by atoms with Crippen LogP contribution in [0, 0.1) is 0 Å². The molecule has 0 heterocycles. The summed E-state index contributed by atoms with van der Waals surface area (Å²) >= 11 is 0. The van der Waals surface area contributed by atoms with E-state index in [1.807, 2.05) is 0 Å². The van der Waals surface area contributed by atoms with Gasteiger partial charge in [-0.25, -0.2) is 4.79 Å². The first-order chi connectivity index (χ1) is 13.1. The summed E-state index contributed by atoms with van der Waals surface area (Å²) in [6.45, 7) is -0.795. The molecule has 0 saturated heterocycles. The molecule has 13 heteroatoms. The zero-order valence-electron chi connectivity index (χ0n) is 15.2. The maximum atomic E-state index is 12.3. The number of carbonyl (C=O) groups excluding carboxylic acids is 3. The Labute approximate surface area is 160 Å². The van der Waals surface area contributed by atoms with Gasteiger partial charge in [0.25, 0.3) is 0 Å². The minimum absolute atomic E-state index is 0.123. The Hall–Kier alpha value is -2.77. The lowest BCUT2D eigenvalue weighted by molar-refractivity contribution is -0.147. The van der Waals surface area contributed by atoms with E-state index in [9.17, 15) is 24.0 Å². The molecule has 3 atom stereocenters. The molecular formula is C15H27N5O8. The number of nitrogens with two attached hydrogens (primary N) is 2. The molecule has 0 spiro atoms. The lowest BCUT2D eigenvalue weighted by Crippen LogP contribution is -2.54. The summed E-state index contributed by atoms with van der Waals surface area (Å²) < 4.78 is 0. The summed E-state index contributed by atoms with van der Waals surface area (Å²) in [7, 11) is 0. The van der Waals surface area contributed by atoms with E-state index in [2.05, 4.69) is 16.0 Å². The van der Waals surface area contributed by atoms with Crippen LogP contribution in [0.3, 0.4) is 0 Å². The SMILES string of the molecule is NCCCCC(NC(=O)CNC(=O)C(N)CO)C(=O)NC(CC(=O)O)C(=O)O. The van der Waals surface area contributed by atoms with Gasteiger partial charge in [0.15, 0.2) is 0 Å². The molecule has 0 fully saturated rings. The summed E-state index contributed by atoms with van der Waals surface area (Å²) in [4.78, 5) is 57.5. The van der Waals surface area contributed by atoms with Gasteiger partial charge in [-0.2, -0.15) is 0 Å². The average Bonchev–Trinajstić information content (AvgIpc) is 2.63. The van der Waals surface area contributed by atoms with E-state index in [1.54, 1.807) is 0 Å². The van der Waals surface area contributed by atoms with Crippen LogP contribution in [-0.2, 0) is 24.0 Å². The zero-order chi connectivity index (χ0) is 21.7. The molecule has 3 amide bonds. The molecule has 0 aromatic carbocycles. The van der Waals surface area contributed by atoms with Gasteiger partial charge in [-0.05, 0) is 25.8 Å². The number of aliphatic carboxylic acids is 2. The fraction of sp³-hybridized carbons (Fsp3) is 0.667. The highest BCUT2D eigenvalue weighted by Crippen LogP contribution is 2.03. The Kier molecular flexibility index (Phi) is 12.1. The minimum Gasteiger partial charge on any atom is -0.481 e. The van der Waals surface area contributed by atoms with Crippen molar-refractivity contribution in [2.24, 2.45) is 11.5 Å². The van der Waals surface area contributed by atoms with Crippen molar-refractivity contribution in [3.8, 4) is 0 Å². The van der Waals surface area contributed by atoms with E-state index in [1.165, 1.54) is 0 Å². The van der Waals surface area contributed by atoms with Crippen LogP contribution >= 0.6 is 0 Å². The van der Waals surface area contributed by atoms with Gasteiger partial charge in [-0.1, -0.05) is 0 Å². The van der Waals surface area contributed by atoms with E-state index in [-0.39, 0.29) is 6.42 Å². The monoisotopic (exact) mass is 405 g/mol. The number of rotatable bonds is 14. The quantitative estimate of drug-likeness (QED) is 0.131. The third-order valence-electron chi connectivity index (χ3n) is 3.55. The van der Waals surface area contributed by atoms with Gasteiger partial charge in [0.05, 0.1) is 19.6 Å². The largest absolute Gasteiger partial charge is 0.481 e. The highest BCUT2D eigenvalue weighted by molar-refractivity contribution is 5.93. The van der Waals surface area contributed by atoms with Crippen LogP contribution in [-0.4, -0.2) is 82.8 Å². The molecule has 0 saturated carbocycles. The predicted octanol–water partition coefficient (Wildman–Crippen LogP) is -3.92. The van der Waals surface area contributed by atoms with Crippen molar-refractivity contribution in [1.29, 1.82) is 0 Å². The topological polar surface area (TPSA) is 234 Å². The van der Waals surface area contributed by atoms with E-state index in [0.29, 0.717) is 19.4 Å².